The Hall–Kier alpha value is -1.76. The van der Waals surface area contributed by atoms with Crippen LogP contribution in [0.2, 0.25) is 0 Å². The number of rotatable bonds is 5. The maximum atomic E-state index is 12.1. The maximum Gasteiger partial charge on any atom is 0.247 e. The fourth-order valence-corrected chi connectivity index (χ4v) is 1.94. The summed E-state index contributed by atoms with van der Waals surface area (Å²) in [5.74, 6) is 0.176. The van der Waals surface area contributed by atoms with Gasteiger partial charge >= 0.3 is 0 Å². The van der Waals surface area contributed by atoms with Crippen LogP contribution in [0.25, 0.3) is 0 Å². The van der Waals surface area contributed by atoms with Crippen LogP contribution < -0.4 is 5.32 Å². The number of aromatic nitrogens is 2. The number of amides is 2. The van der Waals surface area contributed by atoms with E-state index in [9.17, 15) is 9.59 Å². The van der Waals surface area contributed by atoms with E-state index in [1.165, 1.54) is 11.3 Å². The second-order valence-corrected chi connectivity index (χ2v) is 4.34. The molecule has 2 amide bonds. The number of nitrogens with one attached hydrogen (secondary N) is 1. The van der Waals surface area contributed by atoms with E-state index in [0.717, 1.165) is 6.42 Å². The molecular formula is C11H16N4O3. The number of imide groups is 1. The molecule has 0 aliphatic carbocycles. The van der Waals surface area contributed by atoms with Crippen LogP contribution in [0.5, 0.6) is 0 Å². The highest BCUT2D eigenvalue weighted by Gasteiger charge is 2.40. The van der Waals surface area contributed by atoms with Gasteiger partial charge in [-0.2, -0.15) is 4.98 Å². The molecule has 2 heterocycles. The van der Waals surface area contributed by atoms with E-state index in [2.05, 4.69) is 20.0 Å². The molecule has 0 aromatic carbocycles. The summed E-state index contributed by atoms with van der Waals surface area (Å²) in [6.45, 7) is 4.14. The van der Waals surface area contributed by atoms with Crippen molar-refractivity contribution in [3.05, 3.63) is 12.2 Å². The molecule has 7 heteroatoms. The van der Waals surface area contributed by atoms with Crippen LogP contribution in [0.1, 0.15) is 32.5 Å². The highest BCUT2D eigenvalue weighted by atomic mass is 16.5. The molecule has 0 radical (unpaired) electrons. The molecule has 1 aliphatic rings. The molecule has 1 aromatic heterocycles. The largest absolute Gasteiger partial charge is 0.343 e. The summed E-state index contributed by atoms with van der Waals surface area (Å²) in [6, 6.07) is -0.535. The van der Waals surface area contributed by atoms with Crippen molar-refractivity contribution in [2.24, 2.45) is 0 Å². The minimum atomic E-state index is -0.481. The first-order valence-electron chi connectivity index (χ1n) is 5.98. The molecule has 1 aliphatic heterocycles. The van der Waals surface area contributed by atoms with Crippen LogP contribution in [0, 0.1) is 0 Å². The number of carbonyl (C=O) groups excluding carboxylic acids is 2. The summed E-state index contributed by atoms with van der Waals surface area (Å²) >= 11 is 0. The first kappa shape index (κ1) is 12.7. The Balaban J connectivity index is 1.95. The zero-order valence-corrected chi connectivity index (χ0v) is 10.4. The van der Waals surface area contributed by atoms with Gasteiger partial charge in [0.1, 0.15) is 0 Å². The molecule has 0 saturated carbocycles. The van der Waals surface area contributed by atoms with Crippen molar-refractivity contribution in [1.82, 2.24) is 20.4 Å². The molecule has 7 nitrogen and oxygen atoms in total. The second-order valence-electron chi connectivity index (χ2n) is 4.34. The predicted molar refractivity (Wildman–Crippen MR) is 61.1 cm³/mol. The van der Waals surface area contributed by atoms with Crippen molar-refractivity contribution in [3.63, 3.8) is 0 Å². The lowest BCUT2D eigenvalue weighted by atomic mass is 10.2. The number of nitrogens with zero attached hydrogens (tertiary/aromatic N) is 3. The molecule has 2 unspecified atom stereocenters. The summed E-state index contributed by atoms with van der Waals surface area (Å²) in [5, 5.41) is 6.61. The molecule has 2 atom stereocenters. The molecule has 1 fully saturated rings. The third kappa shape index (κ3) is 2.40. The predicted octanol–water partition coefficient (Wildman–Crippen LogP) is 0.0852. The van der Waals surface area contributed by atoms with Gasteiger partial charge in [-0.15, -0.1) is 0 Å². The normalized spacial score (nSPS) is 21.7. The Kier molecular flexibility index (Phi) is 3.71. The molecule has 1 aromatic rings. The van der Waals surface area contributed by atoms with Crippen LogP contribution in [0.15, 0.2) is 10.9 Å². The van der Waals surface area contributed by atoms with Gasteiger partial charge in [0, 0.05) is 6.04 Å². The van der Waals surface area contributed by atoms with Crippen LogP contribution in [-0.4, -0.2) is 38.9 Å². The van der Waals surface area contributed by atoms with E-state index in [-0.39, 0.29) is 24.3 Å². The molecule has 18 heavy (non-hydrogen) atoms. The van der Waals surface area contributed by atoms with Crippen molar-refractivity contribution >= 4 is 11.8 Å². The maximum absolute atomic E-state index is 12.1. The first-order valence-corrected chi connectivity index (χ1v) is 5.98. The lowest BCUT2D eigenvalue weighted by Gasteiger charge is -2.21. The van der Waals surface area contributed by atoms with Gasteiger partial charge in [-0.05, 0) is 13.3 Å². The van der Waals surface area contributed by atoms with E-state index >= 15 is 0 Å². The highest BCUT2D eigenvalue weighted by molar-refractivity contribution is 6.05. The van der Waals surface area contributed by atoms with Gasteiger partial charge in [0.2, 0.25) is 18.2 Å². The topological polar surface area (TPSA) is 88.3 Å². The highest BCUT2D eigenvalue weighted by Crippen LogP contribution is 2.18. The Morgan fingerprint density at radius 1 is 1.61 bits per heavy atom. The van der Waals surface area contributed by atoms with E-state index in [1.54, 1.807) is 0 Å². The third-order valence-corrected chi connectivity index (χ3v) is 3.13. The Morgan fingerprint density at radius 3 is 3.00 bits per heavy atom. The fraction of sp³-hybridized carbons (Fsp3) is 0.636. The lowest BCUT2D eigenvalue weighted by molar-refractivity contribution is -0.141. The summed E-state index contributed by atoms with van der Waals surface area (Å²) in [4.78, 5) is 29.0. The fourth-order valence-electron chi connectivity index (χ4n) is 1.94. The average molecular weight is 252 g/mol. The smallest absolute Gasteiger partial charge is 0.247 e. The molecule has 1 saturated heterocycles. The summed E-state index contributed by atoms with van der Waals surface area (Å²) in [7, 11) is 0. The van der Waals surface area contributed by atoms with Crippen LogP contribution in [0.4, 0.5) is 0 Å². The molecule has 0 bridgehead atoms. The van der Waals surface area contributed by atoms with Crippen LogP contribution in [-0.2, 0) is 16.1 Å². The van der Waals surface area contributed by atoms with Crippen molar-refractivity contribution in [2.45, 2.75) is 45.3 Å². The first-order chi connectivity index (χ1) is 8.63. The molecule has 0 spiro atoms. The van der Waals surface area contributed by atoms with Crippen LogP contribution in [0.3, 0.4) is 0 Å². The van der Waals surface area contributed by atoms with Gasteiger partial charge in [-0.3, -0.25) is 19.8 Å². The van der Waals surface area contributed by atoms with Crippen molar-refractivity contribution in [3.8, 4) is 0 Å². The van der Waals surface area contributed by atoms with Gasteiger partial charge in [-0.25, -0.2) is 0 Å². The minimum absolute atomic E-state index is 0.0537. The standard InChI is InChI=1S/C11H16N4O3/c1-3-7(2)15-10(16)4-8(11(15)17)12-5-9-13-6-18-14-9/h6-8,12H,3-5H2,1-2H3. The monoisotopic (exact) mass is 252 g/mol. The van der Waals surface area contributed by atoms with Gasteiger partial charge in [-0.1, -0.05) is 12.1 Å². The summed E-state index contributed by atoms with van der Waals surface area (Å²) < 4.78 is 4.59. The van der Waals surface area contributed by atoms with E-state index in [1.807, 2.05) is 13.8 Å². The number of likely N-dealkylation sites (tertiary alicyclic amines) is 1. The lowest BCUT2D eigenvalue weighted by Crippen LogP contribution is -2.42. The average Bonchev–Trinajstić information content (AvgIpc) is 2.95. The number of hydrogen-bond acceptors (Lipinski definition) is 6. The third-order valence-electron chi connectivity index (χ3n) is 3.13. The van der Waals surface area contributed by atoms with Crippen molar-refractivity contribution < 1.29 is 14.1 Å². The van der Waals surface area contributed by atoms with Crippen molar-refractivity contribution in [2.75, 3.05) is 0 Å². The quantitative estimate of drug-likeness (QED) is 0.747. The number of carbonyl (C=O) groups is 2. The van der Waals surface area contributed by atoms with Crippen molar-refractivity contribution in [1.29, 1.82) is 0 Å². The Morgan fingerprint density at radius 2 is 2.39 bits per heavy atom. The van der Waals surface area contributed by atoms with Gasteiger partial charge < -0.3 is 4.52 Å². The molecule has 98 valence electrons. The Labute approximate surface area is 105 Å². The Bertz CT molecular complexity index is 432. The summed E-state index contributed by atoms with van der Waals surface area (Å²) in [5.41, 5.74) is 0. The summed E-state index contributed by atoms with van der Waals surface area (Å²) in [6.07, 6.45) is 2.18. The van der Waals surface area contributed by atoms with E-state index in [0.29, 0.717) is 12.4 Å². The number of hydrogen-bond donors (Lipinski definition) is 1. The second kappa shape index (κ2) is 5.26. The zero-order chi connectivity index (χ0) is 13.1. The zero-order valence-electron chi connectivity index (χ0n) is 10.4. The SMILES string of the molecule is CCC(C)N1C(=O)CC(NCc2ncon2)C1=O. The van der Waals surface area contributed by atoms with Gasteiger partial charge in [0.15, 0.2) is 5.82 Å². The van der Waals surface area contributed by atoms with E-state index in [4.69, 9.17) is 0 Å². The van der Waals surface area contributed by atoms with E-state index < -0.39 is 6.04 Å². The molecular weight excluding hydrogens is 236 g/mol. The molecule has 2 rings (SSSR count). The van der Waals surface area contributed by atoms with Gasteiger partial charge in [0.05, 0.1) is 19.0 Å². The molecule has 1 N–H and O–H groups in total. The van der Waals surface area contributed by atoms with Crippen LogP contribution >= 0.6 is 0 Å². The minimum Gasteiger partial charge on any atom is -0.343 e. The van der Waals surface area contributed by atoms with Gasteiger partial charge in [0.25, 0.3) is 0 Å².